The topological polar surface area (TPSA) is 54.2 Å². The first kappa shape index (κ1) is 18.3. The third-order valence-electron chi connectivity index (χ3n) is 2.90. The molecule has 2 rings (SSSR count). The van der Waals surface area contributed by atoms with E-state index in [4.69, 9.17) is 0 Å². The molecule has 1 heterocycles. The summed E-state index contributed by atoms with van der Waals surface area (Å²) in [4.78, 5) is 7.97. The number of aliphatic imine (C=N–C) groups is 1. The summed E-state index contributed by atoms with van der Waals surface area (Å²) in [5.41, 5.74) is 0.257. The van der Waals surface area contributed by atoms with Crippen LogP contribution in [0.3, 0.4) is 0 Å². The summed E-state index contributed by atoms with van der Waals surface area (Å²) >= 11 is 0. The third kappa shape index (κ3) is 5.58. The van der Waals surface area contributed by atoms with E-state index in [1.807, 2.05) is 10.8 Å². The van der Waals surface area contributed by atoms with Gasteiger partial charge in [0.2, 0.25) is 0 Å². The molecule has 0 amide bonds. The Labute approximate surface area is 144 Å². The summed E-state index contributed by atoms with van der Waals surface area (Å²) in [5.74, 6) is -0.382. The lowest BCUT2D eigenvalue weighted by Crippen LogP contribution is -2.38. The second-order valence-electron chi connectivity index (χ2n) is 4.39. The van der Waals surface area contributed by atoms with Crippen molar-refractivity contribution >= 4 is 29.9 Å². The van der Waals surface area contributed by atoms with Crippen LogP contribution in [0.1, 0.15) is 5.56 Å². The lowest BCUT2D eigenvalue weighted by molar-refractivity contribution is 0.580. The van der Waals surface area contributed by atoms with Gasteiger partial charge in [0.1, 0.15) is 11.6 Å². The highest BCUT2D eigenvalue weighted by Gasteiger charge is 2.05. The average molecular weight is 421 g/mol. The summed E-state index contributed by atoms with van der Waals surface area (Å²) in [7, 11) is 1.62. The molecule has 2 aromatic rings. The molecule has 120 valence electrons. The summed E-state index contributed by atoms with van der Waals surface area (Å²) in [6, 6.07) is 3.37. The molecule has 1 aromatic heterocycles. The van der Waals surface area contributed by atoms with Crippen molar-refractivity contribution in [2.75, 3.05) is 13.6 Å². The van der Waals surface area contributed by atoms with Crippen molar-refractivity contribution in [2.24, 2.45) is 4.99 Å². The molecular weight excluding hydrogens is 403 g/mol. The molecule has 0 radical (unpaired) electrons. The zero-order valence-electron chi connectivity index (χ0n) is 12.1. The van der Waals surface area contributed by atoms with Crippen LogP contribution in [0.15, 0.2) is 41.9 Å². The Morgan fingerprint density at radius 1 is 1.32 bits per heavy atom. The van der Waals surface area contributed by atoms with Crippen LogP contribution >= 0.6 is 24.0 Å². The van der Waals surface area contributed by atoms with Crippen LogP contribution in [0, 0.1) is 11.6 Å². The van der Waals surface area contributed by atoms with Crippen LogP contribution in [-0.2, 0) is 13.1 Å². The lowest BCUT2D eigenvalue weighted by atomic mass is 10.2. The summed E-state index contributed by atoms with van der Waals surface area (Å²) < 4.78 is 28.5. The largest absolute Gasteiger partial charge is 0.355 e. The van der Waals surface area contributed by atoms with Crippen LogP contribution in [0.2, 0.25) is 0 Å². The summed E-state index contributed by atoms with van der Waals surface area (Å²) in [6.07, 6.45) is 5.29. The van der Waals surface area contributed by atoms with Gasteiger partial charge in [-0.25, -0.2) is 13.8 Å². The highest BCUT2D eigenvalue weighted by Crippen LogP contribution is 2.08. The molecule has 0 aliphatic carbocycles. The van der Waals surface area contributed by atoms with E-state index < -0.39 is 11.6 Å². The number of rotatable bonds is 5. The van der Waals surface area contributed by atoms with E-state index in [1.165, 1.54) is 6.07 Å². The van der Waals surface area contributed by atoms with E-state index in [1.54, 1.807) is 19.6 Å². The Morgan fingerprint density at radius 2 is 2.14 bits per heavy atom. The van der Waals surface area contributed by atoms with Crippen molar-refractivity contribution in [2.45, 2.75) is 13.1 Å². The number of nitrogens with one attached hydrogen (secondary N) is 2. The highest BCUT2D eigenvalue weighted by molar-refractivity contribution is 14.0. The number of nitrogens with zero attached hydrogens (tertiary/aromatic N) is 3. The number of halogens is 3. The first-order valence-electron chi connectivity index (χ1n) is 6.53. The number of hydrogen-bond donors (Lipinski definition) is 2. The Hall–Kier alpha value is -1.71. The molecule has 1 aromatic carbocycles. The number of benzene rings is 1. The molecule has 2 N–H and O–H groups in total. The molecule has 0 atom stereocenters. The predicted octanol–water partition coefficient (Wildman–Crippen LogP) is 2.14. The van der Waals surface area contributed by atoms with Crippen molar-refractivity contribution in [3.8, 4) is 0 Å². The van der Waals surface area contributed by atoms with Gasteiger partial charge in [0.25, 0.3) is 0 Å². The molecule has 0 unspecified atom stereocenters. The molecular formula is C14H18F2IN5. The highest BCUT2D eigenvalue weighted by atomic mass is 127. The van der Waals surface area contributed by atoms with Crippen molar-refractivity contribution in [3.05, 3.63) is 54.1 Å². The molecule has 0 aliphatic rings. The molecule has 0 saturated heterocycles. The minimum absolute atomic E-state index is 0. The second kappa shape index (κ2) is 9.34. The van der Waals surface area contributed by atoms with Crippen molar-refractivity contribution in [3.63, 3.8) is 0 Å². The van der Waals surface area contributed by atoms with Crippen LogP contribution in [0.25, 0.3) is 0 Å². The molecule has 22 heavy (non-hydrogen) atoms. The Kier molecular flexibility index (Phi) is 7.78. The zero-order chi connectivity index (χ0) is 15.1. The number of guanidine groups is 1. The maximum atomic E-state index is 13.5. The molecule has 0 aliphatic heterocycles. The Morgan fingerprint density at radius 3 is 2.82 bits per heavy atom. The van der Waals surface area contributed by atoms with Gasteiger partial charge in [-0.15, -0.1) is 24.0 Å². The van der Waals surface area contributed by atoms with E-state index >= 15 is 0 Å². The maximum absolute atomic E-state index is 13.5. The van der Waals surface area contributed by atoms with Crippen molar-refractivity contribution in [1.82, 2.24) is 20.2 Å². The van der Waals surface area contributed by atoms with E-state index in [0.717, 1.165) is 18.7 Å². The molecule has 8 heteroatoms. The van der Waals surface area contributed by atoms with Gasteiger partial charge in [-0.1, -0.05) is 0 Å². The Bertz CT molecular complexity index is 601. The standard InChI is InChI=1S/C14H17F2N5.HI/c1-17-14(19-5-7-21-6-4-18-10-21)20-9-11-8-12(15)2-3-13(11)16;/h2-4,6,8,10H,5,7,9H2,1H3,(H2,17,19,20);1H. The number of hydrogen-bond acceptors (Lipinski definition) is 2. The SMILES string of the molecule is CN=C(NCCn1ccnc1)NCc1cc(F)ccc1F.I. The van der Waals surface area contributed by atoms with E-state index in [-0.39, 0.29) is 36.1 Å². The fraction of sp³-hybridized carbons (Fsp3) is 0.286. The second-order valence-corrected chi connectivity index (χ2v) is 4.39. The molecule has 0 saturated carbocycles. The van der Waals surface area contributed by atoms with Gasteiger partial charge in [0.05, 0.1) is 6.33 Å². The van der Waals surface area contributed by atoms with Crippen LogP contribution in [0.5, 0.6) is 0 Å². The van der Waals surface area contributed by atoms with Gasteiger partial charge in [0, 0.05) is 44.6 Å². The van der Waals surface area contributed by atoms with Crippen molar-refractivity contribution in [1.29, 1.82) is 0 Å². The smallest absolute Gasteiger partial charge is 0.191 e. The fourth-order valence-corrected chi connectivity index (χ4v) is 1.80. The fourth-order valence-electron chi connectivity index (χ4n) is 1.80. The average Bonchev–Trinajstić information content (AvgIpc) is 2.99. The Balaban J connectivity index is 0.00000242. The number of aromatic nitrogens is 2. The van der Waals surface area contributed by atoms with E-state index in [2.05, 4.69) is 20.6 Å². The maximum Gasteiger partial charge on any atom is 0.191 e. The minimum Gasteiger partial charge on any atom is -0.355 e. The zero-order valence-corrected chi connectivity index (χ0v) is 14.4. The van der Waals surface area contributed by atoms with E-state index in [9.17, 15) is 8.78 Å². The lowest BCUT2D eigenvalue weighted by Gasteiger charge is -2.12. The van der Waals surface area contributed by atoms with Gasteiger partial charge in [-0.3, -0.25) is 4.99 Å². The van der Waals surface area contributed by atoms with Gasteiger partial charge in [-0.2, -0.15) is 0 Å². The molecule has 0 spiro atoms. The summed E-state index contributed by atoms with van der Waals surface area (Å²) in [6.45, 7) is 1.53. The van der Waals surface area contributed by atoms with Crippen LogP contribution in [-0.4, -0.2) is 29.1 Å². The predicted molar refractivity (Wildman–Crippen MR) is 92.2 cm³/mol. The van der Waals surface area contributed by atoms with Gasteiger partial charge in [0.15, 0.2) is 5.96 Å². The van der Waals surface area contributed by atoms with E-state index in [0.29, 0.717) is 12.5 Å². The normalized spacial score (nSPS) is 11.0. The van der Waals surface area contributed by atoms with Crippen LogP contribution < -0.4 is 10.6 Å². The minimum atomic E-state index is -0.462. The molecule has 5 nitrogen and oxygen atoms in total. The third-order valence-corrected chi connectivity index (χ3v) is 2.90. The first-order chi connectivity index (χ1) is 10.2. The van der Waals surface area contributed by atoms with Gasteiger partial charge >= 0.3 is 0 Å². The van der Waals surface area contributed by atoms with Gasteiger partial charge in [-0.05, 0) is 18.2 Å². The monoisotopic (exact) mass is 421 g/mol. The molecule has 0 bridgehead atoms. The van der Waals surface area contributed by atoms with Crippen molar-refractivity contribution < 1.29 is 8.78 Å². The first-order valence-corrected chi connectivity index (χ1v) is 6.53. The van der Waals surface area contributed by atoms with Crippen LogP contribution in [0.4, 0.5) is 8.78 Å². The molecule has 0 fully saturated rings. The quantitative estimate of drug-likeness (QED) is 0.442. The van der Waals surface area contributed by atoms with Gasteiger partial charge < -0.3 is 15.2 Å². The number of imidazole rings is 1. The summed E-state index contributed by atoms with van der Waals surface area (Å²) in [5, 5.41) is 6.03.